The number of ether oxygens (including phenoxy) is 1. The molecule has 0 aliphatic heterocycles. The molecule has 2 aromatic rings. The number of aryl methyl sites for hydroxylation is 1. The minimum Gasteiger partial charge on any atom is -0.497 e. The van der Waals surface area contributed by atoms with Crippen LogP contribution in [0, 0.1) is 0 Å². The molecule has 0 aliphatic carbocycles. The van der Waals surface area contributed by atoms with Gasteiger partial charge in [0.1, 0.15) is 5.75 Å². The van der Waals surface area contributed by atoms with Crippen molar-refractivity contribution < 1.29 is 27.2 Å². The van der Waals surface area contributed by atoms with Gasteiger partial charge >= 0.3 is 6.18 Å². The molecule has 0 saturated carbocycles. The third-order valence-electron chi connectivity index (χ3n) is 3.53. The van der Waals surface area contributed by atoms with Crippen LogP contribution < -0.4 is 4.74 Å². The monoisotopic (exact) mass is 357 g/mol. The van der Waals surface area contributed by atoms with Crippen LogP contribution in [-0.2, 0) is 11.2 Å². The van der Waals surface area contributed by atoms with Crippen molar-refractivity contribution in [2.24, 2.45) is 0 Å². The topological polar surface area (TPSA) is 68.5 Å². The zero-order valence-electron chi connectivity index (χ0n) is 13.8. The number of aromatic nitrogens is 2. The molecule has 1 amide bonds. The standard InChI is InChI=1S/C16H18F3N3O3/c1-22(10-9-16(17,18)19)14(23)8-7-13-20-15(21-25-13)11-3-5-12(24-2)6-4-11/h3-6H,7-10H2,1-2H3. The van der Waals surface area contributed by atoms with Gasteiger partial charge in [-0.15, -0.1) is 0 Å². The maximum Gasteiger partial charge on any atom is 0.390 e. The molecule has 6 nitrogen and oxygen atoms in total. The van der Waals surface area contributed by atoms with Crippen molar-refractivity contribution in [3.63, 3.8) is 0 Å². The predicted octanol–water partition coefficient (Wildman–Crippen LogP) is 3.09. The second kappa shape index (κ2) is 8.00. The number of amides is 1. The van der Waals surface area contributed by atoms with Gasteiger partial charge in [0.15, 0.2) is 0 Å². The Hall–Kier alpha value is -2.58. The van der Waals surface area contributed by atoms with Crippen LogP contribution in [0.1, 0.15) is 18.7 Å². The van der Waals surface area contributed by atoms with E-state index in [0.717, 1.165) is 10.5 Å². The number of hydrogen-bond donors (Lipinski definition) is 0. The van der Waals surface area contributed by atoms with Gasteiger partial charge in [-0.05, 0) is 24.3 Å². The lowest BCUT2D eigenvalue weighted by atomic mass is 10.2. The summed E-state index contributed by atoms with van der Waals surface area (Å²) in [5, 5.41) is 3.83. The highest BCUT2D eigenvalue weighted by Gasteiger charge is 2.28. The van der Waals surface area contributed by atoms with E-state index < -0.39 is 18.5 Å². The molecule has 1 aromatic carbocycles. The van der Waals surface area contributed by atoms with E-state index >= 15 is 0 Å². The van der Waals surface area contributed by atoms with Crippen molar-refractivity contribution in [2.45, 2.75) is 25.4 Å². The first-order chi connectivity index (χ1) is 11.8. The van der Waals surface area contributed by atoms with E-state index in [9.17, 15) is 18.0 Å². The fourth-order valence-electron chi connectivity index (χ4n) is 2.04. The van der Waals surface area contributed by atoms with Gasteiger partial charge in [0, 0.05) is 32.0 Å². The molecule has 0 radical (unpaired) electrons. The van der Waals surface area contributed by atoms with Gasteiger partial charge in [0.05, 0.1) is 13.5 Å². The van der Waals surface area contributed by atoms with E-state index in [1.165, 1.54) is 7.05 Å². The number of carbonyl (C=O) groups is 1. The molecule has 0 N–H and O–H groups in total. The average molecular weight is 357 g/mol. The predicted molar refractivity (Wildman–Crippen MR) is 82.9 cm³/mol. The molecule has 2 rings (SSSR count). The molecule has 0 bridgehead atoms. The number of carbonyl (C=O) groups excluding carboxylic acids is 1. The summed E-state index contributed by atoms with van der Waals surface area (Å²) in [6, 6.07) is 7.04. The van der Waals surface area contributed by atoms with Gasteiger partial charge in [-0.1, -0.05) is 5.16 Å². The Morgan fingerprint density at radius 3 is 2.56 bits per heavy atom. The van der Waals surface area contributed by atoms with Gasteiger partial charge in [-0.25, -0.2) is 0 Å². The molecule has 1 heterocycles. The van der Waals surface area contributed by atoms with E-state index in [0.29, 0.717) is 11.6 Å². The molecular weight excluding hydrogens is 339 g/mol. The number of halogens is 3. The Labute approximate surface area is 142 Å². The van der Waals surface area contributed by atoms with E-state index in [2.05, 4.69) is 10.1 Å². The van der Waals surface area contributed by atoms with E-state index in [1.54, 1.807) is 31.4 Å². The highest BCUT2D eigenvalue weighted by Crippen LogP contribution is 2.21. The largest absolute Gasteiger partial charge is 0.497 e. The van der Waals surface area contributed by atoms with Crippen LogP contribution >= 0.6 is 0 Å². The zero-order valence-corrected chi connectivity index (χ0v) is 13.8. The highest BCUT2D eigenvalue weighted by molar-refractivity contribution is 5.76. The maximum atomic E-state index is 12.2. The lowest BCUT2D eigenvalue weighted by molar-refractivity contribution is -0.144. The van der Waals surface area contributed by atoms with Crippen LogP contribution in [0.25, 0.3) is 11.4 Å². The number of alkyl halides is 3. The molecule has 25 heavy (non-hydrogen) atoms. The Morgan fingerprint density at radius 1 is 1.28 bits per heavy atom. The zero-order chi connectivity index (χ0) is 18.4. The second-order valence-electron chi connectivity index (χ2n) is 5.42. The molecule has 0 aliphatic rings. The average Bonchev–Trinajstić information content (AvgIpc) is 3.06. The van der Waals surface area contributed by atoms with Crippen LogP contribution in [0.4, 0.5) is 13.2 Å². The van der Waals surface area contributed by atoms with Crippen molar-refractivity contribution in [3.05, 3.63) is 30.2 Å². The van der Waals surface area contributed by atoms with Gasteiger partial charge in [0.25, 0.3) is 0 Å². The normalized spacial score (nSPS) is 11.4. The molecule has 136 valence electrons. The summed E-state index contributed by atoms with van der Waals surface area (Å²) >= 11 is 0. The Morgan fingerprint density at radius 2 is 1.96 bits per heavy atom. The summed E-state index contributed by atoms with van der Waals surface area (Å²) in [6.45, 7) is -0.372. The third-order valence-corrected chi connectivity index (χ3v) is 3.53. The number of hydrogen-bond acceptors (Lipinski definition) is 5. The van der Waals surface area contributed by atoms with Crippen LogP contribution in [0.3, 0.4) is 0 Å². The molecule has 9 heteroatoms. The SMILES string of the molecule is COc1ccc(-c2noc(CCC(=O)N(C)CCC(F)(F)F)n2)cc1. The Balaban J connectivity index is 1.87. The minimum absolute atomic E-state index is 0.00139. The lowest BCUT2D eigenvalue weighted by Gasteiger charge is -2.17. The summed E-state index contributed by atoms with van der Waals surface area (Å²) in [5.41, 5.74) is 0.726. The fourth-order valence-corrected chi connectivity index (χ4v) is 2.04. The number of methoxy groups -OCH3 is 1. The smallest absolute Gasteiger partial charge is 0.390 e. The van der Waals surface area contributed by atoms with E-state index in [1.807, 2.05) is 0 Å². The van der Waals surface area contributed by atoms with Crippen LogP contribution in [0.15, 0.2) is 28.8 Å². The lowest BCUT2D eigenvalue weighted by Crippen LogP contribution is -2.30. The summed E-state index contributed by atoms with van der Waals surface area (Å²) in [5.74, 6) is 0.910. The van der Waals surface area contributed by atoms with Gasteiger partial charge < -0.3 is 14.2 Å². The maximum absolute atomic E-state index is 12.2. The highest BCUT2D eigenvalue weighted by atomic mass is 19.4. The summed E-state index contributed by atoms with van der Waals surface area (Å²) in [4.78, 5) is 17.1. The first-order valence-corrected chi connectivity index (χ1v) is 7.56. The van der Waals surface area contributed by atoms with Gasteiger partial charge in [-0.3, -0.25) is 4.79 Å². The number of nitrogens with zero attached hydrogens (tertiary/aromatic N) is 3. The van der Waals surface area contributed by atoms with Crippen LogP contribution in [0.5, 0.6) is 5.75 Å². The molecule has 0 saturated heterocycles. The van der Waals surface area contributed by atoms with Crippen LogP contribution in [-0.4, -0.2) is 47.8 Å². The summed E-state index contributed by atoms with van der Waals surface area (Å²) < 4.78 is 46.6. The van der Waals surface area contributed by atoms with Crippen molar-refractivity contribution >= 4 is 5.91 Å². The van der Waals surface area contributed by atoms with Crippen LogP contribution in [0.2, 0.25) is 0 Å². The number of benzene rings is 1. The Bertz CT molecular complexity index is 699. The van der Waals surface area contributed by atoms with Crippen molar-refractivity contribution in [2.75, 3.05) is 20.7 Å². The van der Waals surface area contributed by atoms with Crippen molar-refractivity contribution in [1.29, 1.82) is 0 Å². The summed E-state index contributed by atoms with van der Waals surface area (Å²) in [7, 11) is 2.90. The molecular formula is C16H18F3N3O3. The quantitative estimate of drug-likeness (QED) is 0.762. The molecule has 0 fully saturated rings. The fraction of sp³-hybridized carbons (Fsp3) is 0.438. The molecule has 1 aromatic heterocycles. The first kappa shape index (κ1) is 18.8. The van der Waals surface area contributed by atoms with E-state index in [-0.39, 0.29) is 25.3 Å². The minimum atomic E-state index is -4.28. The Kier molecular flexibility index (Phi) is 6.00. The first-order valence-electron chi connectivity index (χ1n) is 7.56. The summed E-state index contributed by atoms with van der Waals surface area (Å²) in [6.07, 6.45) is -5.15. The molecule has 0 atom stereocenters. The van der Waals surface area contributed by atoms with Gasteiger partial charge in [-0.2, -0.15) is 18.2 Å². The molecule has 0 spiro atoms. The third kappa shape index (κ3) is 5.77. The van der Waals surface area contributed by atoms with E-state index in [4.69, 9.17) is 9.26 Å². The molecule has 0 unspecified atom stereocenters. The second-order valence-corrected chi connectivity index (χ2v) is 5.42. The van der Waals surface area contributed by atoms with Crippen molar-refractivity contribution in [1.82, 2.24) is 15.0 Å². The number of rotatable bonds is 7. The van der Waals surface area contributed by atoms with Crippen molar-refractivity contribution in [3.8, 4) is 17.1 Å². The van der Waals surface area contributed by atoms with Gasteiger partial charge in [0.2, 0.25) is 17.6 Å².